The summed E-state index contributed by atoms with van der Waals surface area (Å²) in [4.78, 5) is 24.1. The summed E-state index contributed by atoms with van der Waals surface area (Å²) in [5.41, 5.74) is 1.70. The summed E-state index contributed by atoms with van der Waals surface area (Å²) in [5, 5.41) is 5.34. The highest BCUT2D eigenvalue weighted by molar-refractivity contribution is 7.89. The van der Waals surface area contributed by atoms with Crippen LogP contribution in [0.2, 0.25) is 0 Å². The molecule has 0 atom stereocenters. The molecular formula is C24H25N3O5S. The number of carbonyl (C=O) groups is 2. The molecular weight excluding hydrogens is 442 g/mol. The maximum absolute atomic E-state index is 13.4. The fraction of sp³-hybridized carbons (Fsp3) is 0.167. The van der Waals surface area contributed by atoms with Gasteiger partial charge in [-0.05, 0) is 48.0 Å². The highest BCUT2D eigenvalue weighted by Gasteiger charge is 2.27. The molecule has 0 radical (unpaired) electrons. The van der Waals surface area contributed by atoms with E-state index in [4.69, 9.17) is 4.74 Å². The first kappa shape index (κ1) is 24.0. The van der Waals surface area contributed by atoms with Gasteiger partial charge in [0, 0.05) is 24.8 Å². The van der Waals surface area contributed by atoms with Crippen LogP contribution in [0, 0.1) is 0 Å². The van der Waals surface area contributed by atoms with Gasteiger partial charge in [-0.1, -0.05) is 36.4 Å². The lowest BCUT2D eigenvalue weighted by atomic mass is 10.2. The Kier molecular flexibility index (Phi) is 7.81. The Hall–Kier alpha value is -3.69. The van der Waals surface area contributed by atoms with Crippen molar-refractivity contribution in [3.05, 3.63) is 84.4 Å². The van der Waals surface area contributed by atoms with Crippen molar-refractivity contribution in [1.82, 2.24) is 4.31 Å². The van der Waals surface area contributed by atoms with Gasteiger partial charge in [-0.15, -0.1) is 0 Å². The average molecular weight is 468 g/mol. The van der Waals surface area contributed by atoms with E-state index in [0.717, 1.165) is 9.87 Å². The van der Waals surface area contributed by atoms with Gasteiger partial charge in [0.15, 0.2) is 0 Å². The SMILES string of the molecule is COc1ccc(S(=O)(=O)N(CC(=O)Nc2cccc(NC(C)=O)c2)Cc2ccccc2)cc1. The third-order valence-corrected chi connectivity index (χ3v) is 6.49. The summed E-state index contributed by atoms with van der Waals surface area (Å²) in [6.45, 7) is 1.01. The Bertz CT molecular complexity index is 1210. The van der Waals surface area contributed by atoms with Gasteiger partial charge < -0.3 is 15.4 Å². The van der Waals surface area contributed by atoms with Gasteiger partial charge in [0.05, 0.1) is 18.6 Å². The number of nitrogens with zero attached hydrogens (tertiary/aromatic N) is 1. The molecule has 3 aromatic carbocycles. The molecule has 9 heteroatoms. The minimum Gasteiger partial charge on any atom is -0.497 e. The fourth-order valence-corrected chi connectivity index (χ4v) is 4.53. The number of sulfonamides is 1. The quantitative estimate of drug-likeness (QED) is 0.501. The number of nitrogens with one attached hydrogen (secondary N) is 2. The largest absolute Gasteiger partial charge is 0.497 e. The van der Waals surface area contributed by atoms with E-state index in [9.17, 15) is 18.0 Å². The number of methoxy groups -OCH3 is 1. The Morgan fingerprint density at radius 1 is 0.879 bits per heavy atom. The van der Waals surface area contributed by atoms with Crippen LogP contribution in [-0.4, -0.2) is 38.2 Å². The number of carbonyl (C=O) groups excluding carboxylic acids is 2. The van der Waals surface area contributed by atoms with Gasteiger partial charge in [-0.25, -0.2) is 8.42 Å². The Morgan fingerprint density at radius 3 is 2.12 bits per heavy atom. The van der Waals surface area contributed by atoms with Crippen LogP contribution < -0.4 is 15.4 Å². The van der Waals surface area contributed by atoms with Crippen LogP contribution in [0.15, 0.2) is 83.8 Å². The molecule has 3 rings (SSSR count). The maximum Gasteiger partial charge on any atom is 0.243 e. The van der Waals surface area contributed by atoms with Crippen LogP contribution >= 0.6 is 0 Å². The smallest absolute Gasteiger partial charge is 0.243 e. The molecule has 0 fully saturated rings. The Labute approximate surface area is 193 Å². The predicted octanol–water partition coefficient (Wildman–Crippen LogP) is 3.48. The molecule has 0 heterocycles. The molecule has 0 bridgehead atoms. The van der Waals surface area contributed by atoms with Crippen LogP contribution in [0.3, 0.4) is 0 Å². The van der Waals surface area contributed by atoms with Gasteiger partial charge >= 0.3 is 0 Å². The molecule has 0 saturated heterocycles. The maximum atomic E-state index is 13.4. The van der Waals surface area contributed by atoms with Crippen molar-refractivity contribution < 1.29 is 22.7 Å². The van der Waals surface area contributed by atoms with Crippen LogP contribution in [0.25, 0.3) is 0 Å². The highest BCUT2D eigenvalue weighted by atomic mass is 32.2. The molecule has 0 spiro atoms. The average Bonchev–Trinajstić information content (AvgIpc) is 2.79. The molecule has 2 N–H and O–H groups in total. The molecule has 172 valence electrons. The van der Waals surface area contributed by atoms with E-state index < -0.39 is 22.5 Å². The second kappa shape index (κ2) is 10.8. The number of hydrogen-bond donors (Lipinski definition) is 2. The molecule has 0 unspecified atom stereocenters. The minimum absolute atomic E-state index is 0.0224. The van der Waals surface area contributed by atoms with Gasteiger partial charge in [-0.3, -0.25) is 9.59 Å². The van der Waals surface area contributed by atoms with E-state index in [1.165, 1.54) is 26.2 Å². The molecule has 0 aromatic heterocycles. The van der Waals surface area contributed by atoms with Crippen molar-refractivity contribution in [3.63, 3.8) is 0 Å². The number of hydrogen-bond acceptors (Lipinski definition) is 5. The van der Waals surface area contributed by atoms with Crippen LogP contribution in [0.4, 0.5) is 11.4 Å². The van der Waals surface area contributed by atoms with Crippen molar-refractivity contribution in [1.29, 1.82) is 0 Å². The second-order valence-electron chi connectivity index (χ2n) is 7.24. The zero-order valence-corrected chi connectivity index (χ0v) is 19.1. The van der Waals surface area contributed by atoms with E-state index in [-0.39, 0.29) is 17.3 Å². The molecule has 2 amide bonds. The standard InChI is InChI=1S/C24H25N3O5S/c1-18(28)25-20-9-6-10-21(15-20)26-24(29)17-27(16-19-7-4-3-5-8-19)33(30,31)23-13-11-22(32-2)12-14-23/h3-15H,16-17H2,1-2H3,(H,25,28)(H,26,29). The lowest BCUT2D eigenvalue weighted by Gasteiger charge is -2.22. The van der Waals surface area contributed by atoms with Crippen molar-refractivity contribution in [3.8, 4) is 5.75 Å². The number of anilines is 2. The van der Waals surface area contributed by atoms with Gasteiger partial charge in [0.2, 0.25) is 21.8 Å². The number of benzene rings is 3. The predicted molar refractivity (Wildman–Crippen MR) is 126 cm³/mol. The summed E-state index contributed by atoms with van der Waals surface area (Å²) in [7, 11) is -2.48. The fourth-order valence-electron chi connectivity index (χ4n) is 3.15. The Balaban J connectivity index is 1.83. The number of rotatable bonds is 9. The van der Waals surface area contributed by atoms with Crippen molar-refractivity contribution in [2.24, 2.45) is 0 Å². The first-order valence-corrected chi connectivity index (χ1v) is 11.6. The third kappa shape index (κ3) is 6.64. The van der Waals surface area contributed by atoms with Gasteiger partial charge in [-0.2, -0.15) is 4.31 Å². The first-order chi connectivity index (χ1) is 15.8. The third-order valence-electron chi connectivity index (χ3n) is 4.69. The molecule has 3 aromatic rings. The van der Waals surface area contributed by atoms with Crippen molar-refractivity contribution >= 4 is 33.2 Å². The summed E-state index contributed by atoms with van der Waals surface area (Å²) in [6, 6.07) is 21.7. The van der Waals surface area contributed by atoms with E-state index in [2.05, 4.69) is 10.6 Å². The van der Waals surface area contributed by atoms with E-state index in [1.54, 1.807) is 60.7 Å². The molecule has 0 aliphatic heterocycles. The summed E-state index contributed by atoms with van der Waals surface area (Å²) in [5.74, 6) is -0.221. The molecule has 0 saturated carbocycles. The first-order valence-electron chi connectivity index (χ1n) is 10.1. The molecule has 33 heavy (non-hydrogen) atoms. The summed E-state index contributed by atoms with van der Waals surface area (Å²) < 4.78 is 32.9. The van der Waals surface area contributed by atoms with E-state index >= 15 is 0 Å². The second-order valence-corrected chi connectivity index (χ2v) is 9.18. The summed E-state index contributed by atoms with van der Waals surface area (Å²) in [6.07, 6.45) is 0. The van der Waals surface area contributed by atoms with Gasteiger partial charge in [0.25, 0.3) is 0 Å². The van der Waals surface area contributed by atoms with Crippen molar-refractivity contribution in [2.75, 3.05) is 24.3 Å². The van der Waals surface area contributed by atoms with E-state index in [1.807, 2.05) is 6.07 Å². The molecule has 0 aliphatic carbocycles. The topological polar surface area (TPSA) is 105 Å². The number of amides is 2. The van der Waals surface area contributed by atoms with Gasteiger partial charge in [0.1, 0.15) is 5.75 Å². The van der Waals surface area contributed by atoms with Crippen LogP contribution in [-0.2, 0) is 26.2 Å². The highest BCUT2D eigenvalue weighted by Crippen LogP contribution is 2.22. The molecule has 8 nitrogen and oxygen atoms in total. The zero-order chi connectivity index (χ0) is 23.8. The zero-order valence-electron chi connectivity index (χ0n) is 18.3. The lowest BCUT2D eigenvalue weighted by Crippen LogP contribution is -2.37. The monoisotopic (exact) mass is 467 g/mol. The molecule has 0 aliphatic rings. The number of ether oxygens (including phenoxy) is 1. The Morgan fingerprint density at radius 2 is 1.52 bits per heavy atom. The minimum atomic E-state index is -3.98. The normalized spacial score (nSPS) is 11.1. The van der Waals surface area contributed by atoms with Crippen LogP contribution in [0.5, 0.6) is 5.75 Å². The summed E-state index contributed by atoms with van der Waals surface area (Å²) >= 11 is 0. The van der Waals surface area contributed by atoms with Crippen LogP contribution in [0.1, 0.15) is 12.5 Å². The lowest BCUT2D eigenvalue weighted by molar-refractivity contribution is -0.116. The van der Waals surface area contributed by atoms with E-state index in [0.29, 0.717) is 17.1 Å². The van der Waals surface area contributed by atoms with Crippen molar-refractivity contribution in [2.45, 2.75) is 18.4 Å².